The molecule has 9 heteroatoms. The Hall–Kier alpha value is -1.76. The van der Waals surface area contributed by atoms with Crippen molar-refractivity contribution in [3.05, 3.63) is 29.6 Å². The van der Waals surface area contributed by atoms with Crippen LogP contribution in [0.15, 0.2) is 39.6 Å². The second-order valence-corrected chi connectivity index (χ2v) is 6.70. The van der Waals surface area contributed by atoms with Crippen LogP contribution in [0.4, 0.5) is 10.8 Å². The van der Waals surface area contributed by atoms with Gasteiger partial charge in [-0.1, -0.05) is 0 Å². The first kappa shape index (κ1) is 13.7. The molecule has 2 aromatic rings. The summed E-state index contributed by atoms with van der Waals surface area (Å²) in [6.45, 7) is 0. The Bertz CT molecular complexity index is 716. The largest absolute Gasteiger partial charge is 0.399 e. The highest BCUT2D eigenvalue weighted by Crippen LogP contribution is 2.25. The normalized spacial score (nSPS) is 10.9. The van der Waals surface area contributed by atoms with Gasteiger partial charge in [0.05, 0.1) is 4.90 Å². The first-order valence-electron chi connectivity index (χ1n) is 4.91. The topological polar surface area (TPSA) is 109 Å². The number of anilines is 2. The monoisotopic (exact) mass is 312 g/mol. The fraction of sp³-hybridized carbons (Fsp3) is 0. The van der Waals surface area contributed by atoms with E-state index in [2.05, 4.69) is 9.71 Å². The summed E-state index contributed by atoms with van der Waals surface area (Å²) in [5.74, 6) is 0. The number of nitrogens with zero attached hydrogens (tertiary/aromatic N) is 2. The SMILES string of the molecule is N#CSc1csc(NS(=O)(=O)c2ccc(N)cc2)n1. The molecule has 0 aliphatic heterocycles. The molecule has 3 N–H and O–H groups in total. The summed E-state index contributed by atoms with van der Waals surface area (Å²) in [6, 6.07) is 5.84. The molecule has 0 fully saturated rings. The van der Waals surface area contributed by atoms with E-state index in [1.54, 1.807) is 5.38 Å². The number of sulfonamides is 1. The lowest BCUT2D eigenvalue weighted by atomic mass is 10.3. The van der Waals surface area contributed by atoms with Gasteiger partial charge in [0.15, 0.2) is 5.13 Å². The number of aromatic nitrogens is 1. The number of rotatable bonds is 4. The van der Waals surface area contributed by atoms with Gasteiger partial charge in [-0.05, 0) is 24.3 Å². The van der Waals surface area contributed by atoms with Crippen molar-refractivity contribution < 1.29 is 8.42 Å². The van der Waals surface area contributed by atoms with Crippen molar-refractivity contribution in [2.45, 2.75) is 9.92 Å². The zero-order valence-corrected chi connectivity index (χ0v) is 11.8. The molecule has 0 atom stereocenters. The van der Waals surface area contributed by atoms with Crippen LogP contribution in [0.2, 0.25) is 0 Å². The van der Waals surface area contributed by atoms with Crippen molar-refractivity contribution >= 4 is 43.9 Å². The number of nitriles is 1. The maximum Gasteiger partial charge on any atom is 0.263 e. The highest BCUT2D eigenvalue weighted by molar-refractivity contribution is 8.03. The van der Waals surface area contributed by atoms with Crippen LogP contribution < -0.4 is 10.5 Å². The number of thiazole rings is 1. The van der Waals surface area contributed by atoms with Crippen molar-refractivity contribution in [3.8, 4) is 5.40 Å². The second-order valence-electron chi connectivity index (χ2n) is 3.36. The smallest absolute Gasteiger partial charge is 0.263 e. The highest BCUT2D eigenvalue weighted by Gasteiger charge is 2.16. The van der Waals surface area contributed by atoms with Crippen LogP contribution in [0, 0.1) is 10.7 Å². The van der Waals surface area contributed by atoms with E-state index in [1.807, 2.05) is 5.40 Å². The lowest BCUT2D eigenvalue weighted by Gasteiger charge is -2.04. The first-order valence-corrected chi connectivity index (χ1v) is 8.09. The third-order valence-corrected chi connectivity index (χ3v) is 4.95. The van der Waals surface area contributed by atoms with Gasteiger partial charge in [0.25, 0.3) is 10.0 Å². The molecule has 2 rings (SSSR count). The average Bonchev–Trinajstić information content (AvgIpc) is 2.77. The Morgan fingerprint density at radius 2 is 2.05 bits per heavy atom. The molecule has 0 saturated carbocycles. The molecule has 0 unspecified atom stereocenters. The van der Waals surface area contributed by atoms with Gasteiger partial charge in [0, 0.05) is 22.8 Å². The molecule has 98 valence electrons. The van der Waals surface area contributed by atoms with E-state index in [-0.39, 0.29) is 10.0 Å². The number of thioether (sulfide) groups is 1. The van der Waals surface area contributed by atoms with E-state index in [1.165, 1.54) is 24.3 Å². The Morgan fingerprint density at radius 1 is 1.37 bits per heavy atom. The summed E-state index contributed by atoms with van der Waals surface area (Å²) in [5, 5.41) is 12.6. The molecule has 0 aliphatic carbocycles. The molecule has 1 heterocycles. The van der Waals surface area contributed by atoms with Crippen molar-refractivity contribution in [1.29, 1.82) is 5.26 Å². The molecular formula is C10H8N4O2S3. The molecule has 0 radical (unpaired) electrons. The first-order chi connectivity index (χ1) is 9.01. The maximum atomic E-state index is 12.0. The minimum absolute atomic E-state index is 0.103. The Kier molecular flexibility index (Phi) is 3.94. The number of hydrogen-bond donors (Lipinski definition) is 2. The summed E-state index contributed by atoms with van der Waals surface area (Å²) in [4.78, 5) is 4.08. The maximum absolute atomic E-state index is 12.0. The number of nitrogens with one attached hydrogen (secondary N) is 1. The van der Waals surface area contributed by atoms with Gasteiger partial charge in [-0.25, -0.2) is 13.4 Å². The number of thiocyanates is 1. The van der Waals surface area contributed by atoms with Crippen LogP contribution in [-0.2, 0) is 10.0 Å². The molecule has 0 amide bonds. The molecule has 0 bridgehead atoms. The van der Waals surface area contributed by atoms with E-state index in [0.717, 1.165) is 23.1 Å². The van der Waals surface area contributed by atoms with Crippen LogP contribution in [0.1, 0.15) is 0 Å². The zero-order valence-electron chi connectivity index (χ0n) is 9.40. The number of nitrogen functional groups attached to an aromatic ring is 1. The average molecular weight is 312 g/mol. The predicted octanol–water partition coefficient (Wildman–Crippen LogP) is 2.10. The number of nitrogens with two attached hydrogens (primary N) is 1. The highest BCUT2D eigenvalue weighted by atomic mass is 32.2. The fourth-order valence-corrected chi connectivity index (χ4v) is 3.67. The van der Waals surface area contributed by atoms with Crippen LogP contribution >= 0.6 is 23.1 Å². The van der Waals surface area contributed by atoms with Gasteiger partial charge in [-0.2, -0.15) is 5.26 Å². The summed E-state index contributed by atoms with van der Waals surface area (Å²) < 4.78 is 26.4. The third kappa shape index (κ3) is 3.37. The molecule has 6 nitrogen and oxygen atoms in total. The van der Waals surface area contributed by atoms with Crippen molar-refractivity contribution in [2.75, 3.05) is 10.5 Å². The van der Waals surface area contributed by atoms with Crippen LogP contribution in [0.25, 0.3) is 0 Å². The van der Waals surface area contributed by atoms with Crippen LogP contribution in [0.3, 0.4) is 0 Å². The minimum atomic E-state index is -3.68. The van der Waals surface area contributed by atoms with Gasteiger partial charge in [-0.15, -0.1) is 11.3 Å². The molecule has 19 heavy (non-hydrogen) atoms. The van der Waals surface area contributed by atoms with Crippen molar-refractivity contribution in [1.82, 2.24) is 4.98 Å². The van der Waals surface area contributed by atoms with E-state index in [4.69, 9.17) is 11.0 Å². The van der Waals surface area contributed by atoms with Gasteiger partial charge < -0.3 is 5.73 Å². The van der Waals surface area contributed by atoms with Crippen molar-refractivity contribution in [3.63, 3.8) is 0 Å². The van der Waals surface area contributed by atoms with E-state index >= 15 is 0 Å². The van der Waals surface area contributed by atoms with Gasteiger partial charge in [0.2, 0.25) is 0 Å². The molecule has 1 aromatic heterocycles. The Labute approximate surface area is 118 Å². The lowest BCUT2D eigenvalue weighted by Crippen LogP contribution is -2.12. The summed E-state index contributed by atoms with van der Waals surface area (Å²) >= 11 is 1.99. The molecule has 0 aliphatic rings. The number of benzene rings is 1. The predicted molar refractivity (Wildman–Crippen MR) is 75.2 cm³/mol. The lowest BCUT2D eigenvalue weighted by molar-refractivity contribution is 0.601. The molecular weight excluding hydrogens is 304 g/mol. The van der Waals surface area contributed by atoms with Gasteiger partial charge in [0.1, 0.15) is 10.4 Å². The van der Waals surface area contributed by atoms with Crippen LogP contribution in [0.5, 0.6) is 0 Å². The van der Waals surface area contributed by atoms with Gasteiger partial charge in [-0.3, -0.25) is 4.72 Å². The Morgan fingerprint density at radius 3 is 2.68 bits per heavy atom. The van der Waals surface area contributed by atoms with Crippen LogP contribution in [-0.4, -0.2) is 13.4 Å². The van der Waals surface area contributed by atoms with E-state index in [9.17, 15) is 8.42 Å². The minimum Gasteiger partial charge on any atom is -0.399 e. The van der Waals surface area contributed by atoms with Gasteiger partial charge >= 0.3 is 0 Å². The molecule has 0 saturated heterocycles. The van der Waals surface area contributed by atoms with Crippen molar-refractivity contribution in [2.24, 2.45) is 0 Å². The quantitative estimate of drug-likeness (QED) is 0.508. The summed E-state index contributed by atoms with van der Waals surface area (Å²) in [7, 11) is -3.68. The zero-order chi connectivity index (χ0) is 13.9. The Balaban J connectivity index is 2.21. The standard InChI is InChI=1S/C10H8N4O2S3/c11-6-18-9-5-17-10(13-9)14-19(15,16)8-3-1-7(12)2-4-8/h1-5H,12H2,(H,13,14). The molecule has 1 aromatic carbocycles. The van der Waals surface area contributed by atoms with E-state index in [0.29, 0.717) is 10.7 Å². The summed E-state index contributed by atoms with van der Waals surface area (Å²) in [5.41, 5.74) is 5.99. The number of hydrogen-bond acceptors (Lipinski definition) is 7. The van der Waals surface area contributed by atoms with E-state index < -0.39 is 10.0 Å². The summed E-state index contributed by atoms with van der Waals surface area (Å²) in [6.07, 6.45) is 0. The molecule has 0 spiro atoms. The fourth-order valence-electron chi connectivity index (χ4n) is 1.22. The second kappa shape index (κ2) is 5.48. The third-order valence-electron chi connectivity index (χ3n) is 2.05.